The molecule has 0 amide bonds. The Labute approximate surface area is 85.9 Å². The molecule has 1 saturated carbocycles. The van der Waals surface area contributed by atoms with E-state index in [1.165, 1.54) is 25.7 Å². The maximum absolute atomic E-state index is 8.18. The molecule has 80 valence electrons. The van der Waals surface area contributed by atoms with Gasteiger partial charge in [-0.2, -0.15) is 0 Å². The minimum Gasteiger partial charge on any atom is -0.377 e. The van der Waals surface area contributed by atoms with Crippen molar-refractivity contribution >= 4 is 5.84 Å². The first-order valence-electron chi connectivity index (χ1n) is 5.72. The van der Waals surface area contributed by atoms with Crippen LogP contribution in [0.5, 0.6) is 0 Å². The Balaban J connectivity index is 1.94. The van der Waals surface area contributed by atoms with Gasteiger partial charge in [0.15, 0.2) is 0 Å². The molecule has 2 rings (SSSR count). The van der Waals surface area contributed by atoms with E-state index in [1.54, 1.807) is 0 Å². The topological polar surface area (TPSA) is 36.3 Å². The van der Waals surface area contributed by atoms with Gasteiger partial charge in [-0.1, -0.05) is 12.8 Å². The predicted molar refractivity (Wildman–Crippen MR) is 56.7 cm³/mol. The van der Waals surface area contributed by atoms with Gasteiger partial charge in [-0.25, -0.2) is 0 Å². The lowest BCUT2D eigenvalue weighted by Crippen LogP contribution is -2.48. The van der Waals surface area contributed by atoms with Crippen LogP contribution in [-0.4, -0.2) is 36.5 Å². The summed E-state index contributed by atoms with van der Waals surface area (Å²) in [7, 11) is 0. The van der Waals surface area contributed by atoms with E-state index in [0.717, 1.165) is 25.6 Å². The van der Waals surface area contributed by atoms with Gasteiger partial charge >= 0.3 is 0 Å². The zero-order valence-corrected chi connectivity index (χ0v) is 8.96. The molecule has 3 nitrogen and oxygen atoms in total. The fourth-order valence-corrected chi connectivity index (χ4v) is 2.52. The first-order chi connectivity index (χ1) is 6.79. The van der Waals surface area contributed by atoms with Crippen LogP contribution in [0.1, 0.15) is 32.6 Å². The molecule has 1 aliphatic carbocycles. The van der Waals surface area contributed by atoms with Gasteiger partial charge in [0.2, 0.25) is 0 Å². The zero-order chi connectivity index (χ0) is 9.97. The molecular formula is C11H20N2O. The van der Waals surface area contributed by atoms with E-state index in [4.69, 9.17) is 10.1 Å². The van der Waals surface area contributed by atoms with Crippen molar-refractivity contribution in [2.75, 3.05) is 19.8 Å². The van der Waals surface area contributed by atoms with Gasteiger partial charge in [-0.3, -0.25) is 5.41 Å². The molecule has 0 radical (unpaired) electrons. The second-order valence-corrected chi connectivity index (χ2v) is 4.48. The quantitative estimate of drug-likeness (QED) is 0.513. The minimum absolute atomic E-state index is 0.400. The Morgan fingerprint density at radius 2 is 2.07 bits per heavy atom. The van der Waals surface area contributed by atoms with Gasteiger partial charge in [0.1, 0.15) is 0 Å². The van der Waals surface area contributed by atoms with Gasteiger partial charge in [0.05, 0.1) is 25.1 Å². The van der Waals surface area contributed by atoms with Crippen molar-refractivity contribution in [2.24, 2.45) is 5.92 Å². The van der Waals surface area contributed by atoms with Crippen molar-refractivity contribution in [1.82, 2.24) is 4.90 Å². The highest BCUT2D eigenvalue weighted by atomic mass is 16.5. The van der Waals surface area contributed by atoms with Gasteiger partial charge in [-0.05, 0) is 19.8 Å². The third kappa shape index (κ3) is 1.92. The first-order valence-corrected chi connectivity index (χ1v) is 5.72. The monoisotopic (exact) mass is 196 g/mol. The molecule has 14 heavy (non-hydrogen) atoms. The standard InChI is InChI=1S/C11H20N2O/c1-9-8-14-7-6-13(9)11(12)10-4-2-3-5-10/h9-10,12H,2-8H2,1H3. The van der Waals surface area contributed by atoms with E-state index >= 15 is 0 Å². The average Bonchev–Trinajstić information content (AvgIpc) is 2.70. The Kier molecular flexibility index (Phi) is 3.06. The van der Waals surface area contributed by atoms with Crippen LogP contribution in [0.2, 0.25) is 0 Å². The van der Waals surface area contributed by atoms with Crippen LogP contribution in [0.25, 0.3) is 0 Å². The number of hydrogen-bond acceptors (Lipinski definition) is 2. The van der Waals surface area contributed by atoms with Crippen molar-refractivity contribution in [3.8, 4) is 0 Å². The van der Waals surface area contributed by atoms with Gasteiger partial charge in [0, 0.05) is 12.5 Å². The van der Waals surface area contributed by atoms with Crippen molar-refractivity contribution in [3.63, 3.8) is 0 Å². The molecule has 1 saturated heterocycles. The number of nitrogens with zero attached hydrogens (tertiary/aromatic N) is 1. The summed E-state index contributed by atoms with van der Waals surface area (Å²) in [6.07, 6.45) is 5.07. The second kappa shape index (κ2) is 4.30. The number of ether oxygens (including phenoxy) is 1. The van der Waals surface area contributed by atoms with E-state index < -0.39 is 0 Å². The molecule has 0 spiro atoms. The molecule has 1 atom stereocenters. The van der Waals surface area contributed by atoms with Crippen molar-refractivity contribution < 1.29 is 4.74 Å². The Bertz CT molecular complexity index is 211. The number of amidine groups is 1. The van der Waals surface area contributed by atoms with Crippen LogP contribution in [0, 0.1) is 11.3 Å². The van der Waals surface area contributed by atoms with E-state index in [-0.39, 0.29) is 0 Å². The molecule has 1 N–H and O–H groups in total. The van der Waals surface area contributed by atoms with E-state index in [1.807, 2.05) is 0 Å². The lowest BCUT2D eigenvalue weighted by molar-refractivity contribution is 0.0305. The third-order valence-electron chi connectivity index (χ3n) is 3.42. The number of rotatable bonds is 1. The predicted octanol–water partition coefficient (Wildman–Crippen LogP) is 1.87. The van der Waals surface area contributed by atoms with Crippen molar-refractivity contribution in [1.29, 1.82) is 5.41 Å². The van der Waals surface area contributed by atoms with Crippen LogP contribution >= 0.6 is 0 Å². The average molecular weight is 196 g/mol. The fourth-order valence-electron chi connectivity index (χ4n) is 2.52. The summed E-state index contributed by atoms with van der Waals surface area (Å²) in [6.45, 7) is 4.65. The van der Waals surface area contributed by atoms with Crippen LogP contribution in [-0.2, 0) is 4.74 Å². The minimum atomic E-state index is 0.400. The fraction of sp³-hybridized carbons (Fsp3) is 0.909. The lowest BCUT2D eigenvalue weighted by atomic mass is 10.0. The van der Waals surface area contributed by atoms with Gasteiger partial charge in [0.25, 0.3) is 0 Å². The number of morpholine rings is 1. The van der Waals surface area contributed by atoms with E-state index in [0.29, 0.717) is 12.0 Å². The zero-order valence-electron chi connectivity index (χ0n) is 8.96. The maximum Gasteiger partial charge on any atom is 0.0993 e. The molecule has 1 heterocycles. The van der Waals surface area contributed by atoms with Crippen molar-refractivity contribution in [2.45, 2.75) is 38.6 Å². The third-order valence-corrected chi connectivity index (χ3v) is 3.42. The molecule has 0 aromatic carbocycles. The lowest BCUT2D eigenvalue weighted by Gasteiger charge is -2.37. The summed E-state index contributed by atoms with van der Waals surface area (Å²) in [6, 6.07) is 0.400. The summed E-state index contributed by atoms with van der Waals surface area (Å²) in [5.74, 6) is 1.41. The van der Waals surface area contributed by atoms with Gasteiger partial charge < -0.3 is 9.64 Å². The smallest absolute Gasteiger partial charge is 0.0993 e. The van der Waals surface area contributed by atoms with E-state index in [9.17, 15) is 0 Å². The maximum atomic E-state index is 8.18. The molecule has 0 aromatic heterocycles. The number of hydrogen-bond donors (Lipinski definition) is 1. The van der Waals surface area contributed by atoms with Crippen LogP contribution in [0.4, 0.5) is 0 Å². The molecule has 1 aliphatic heterocycles. The summed E-state index contributed by atoms with van der Waals surface area (Å²) < 4.78 is 5.39. The van der Waals surface area contributed by atoms with Crippen LogP contribution in [0.15, 0.2) is 0 Å². The molecular weight excluding hydrogens is 176 g/mol. The first kappa shape index (κ1) is 9.97. The van der Waals surface area contributed by atoms with Crippen molar-refractivity contribution in [3.05, 3.63) is 0 Å². The van der Waals surface area contributed by atoms with Gasteiger partial charge in [-0.15, -0.1) is 0 Å². The normalized spacial score (nSPS) is 29.5. The Hall–Kier alpha value is -0.570. The van der Waals surface area contributed by atoms with E-state index in [2.05, 4.69) is 11.8 Å². The largest absolute Gasteiger partial charge is 0.377 e. The molecule has 1 unspecified atom stereocenters. The highest BCUT2D eigenvalue weighted by molar-refractivity contribution is 5.82. The Morgan fingerprint density at radius 1 is 1.36 bits per heavy atom. The summed E-state index contributed by atoms with van der Waals surface area (Å²) in [5.41, 5.74) is 0. The molecule has 2 aliphatic rings. The summed E-state index contributed by atoms with van der Waals surface area (Å²) >= 11 is 0. The molecule has 2 fully saturated rings. The number of nitrogens with one attached hydrogen (secondary N) is 1. The second-order valence-electron chi connectivity index (χ2n) is 4.48. The van der Waals surface area contributed by atoms with Crippen LogP contribution < -0.4 is 0 Å². The summed E-state index contributed by atoms with van der Waals surface area (Å²) in [4.78, 5) is 2.24. The Morgan fingerprint density at radius 3 is 2.71 bits per heavy atom. The SMILES string of the molecule is CC1COCCN1C(=N)C1CCCC1. The molecule has 0 bridgehead atoms. The highest BCUT2D eigenvalue weighted by Gasteiger charge is 2.28. The summed E-state index contributed by atoms with van der Waals surface area (Å²) in [5, 5.41) is 8.18. The molecule has 3 heteroatoms. The van der Waals surface area contributed by atoms with Crippen LogP contribution in [0.3, 0.4) is 0 Å². The highest BCUT2D eigenvalue weighted by Crippen LogP contribution is 2.27. The molecule has 0 aromatic rings.